The molecule has 0 bridgehead atoms. The highest BCUT2D eigenvalue weighted by molar-refractivity contribution is 5.93. The van der Waals surface area contributed by atoms with E-state index in [4.69, 9.17) is 0 Å². The minimum absolute atomic E-state index is 0.109. The van der Waals surface area contributed by atoms with Gasteiger partial charge in [-0.15, -0.1) is 0 Å². The molecule has 4 rings (SSSR count). The Hall–Kier alpha value is -3.19. The Bertz CT molecular complexity index is 951. The van der Waals surface area contributed by atoms with Gasteiger partial charge in [-0.3, -0.25) is 14.9 Å². The first-order chi connectivity index (χ1) is 13.6. The maximum Gasteiger partial charge on any atom is 0.269 e. The topological polar surface area (TPSA) is 111 Å². The molecule has 7 nitrogen and oxygen atoms in total. The smallest absolute Gasteiger partial charge is 0.269 e. The lowest BCUT2D eigenvalue weighted by molar-refractivity contribution is 0.0237. The number of nitrogens with one attached hydrogen (secondary N) is 2. The number of phenols is 1. The second kappa shape index (κ2) is 7.82. The van der Waals surface area contributed by atoms with Crippen molar-refractivity contribution >= 4 is 5.91 Å². The highest BCUT2D eigenvalue weighted by atomic mass is 16.3. The molecule has 1 amide bonds. The van der Waals surface area contributed by atoms with Gasteiger partial charge in [-0.05, 0) is 49.1 Å². The van der Waals surface area contributed by atoms with Crippen LogP contribution < -0.4 is 5.32 Å². The molecule has 0 spiro atoms. The van der Waals surface area contributed by atoms with Crippen LogP contribution in [0.3, 0.4) is 0 Å². The summed E-state index contributed by atoms with van der Waals surface area (Å²) in [6.07, 6.45) is 3.38. The summed E-state index contributed by atoms with van der Waals surface area (Å²) in [7, 11) is 0. The molecule has 0 radical (unpaired) electrons. The number of aromatic nitrogens is 3. The van der Waals surface area contributed by atoms with Crippen LogP contribution in [0.25, 0.3) is 11.3 Å². The van der Waals surface area contributed by atoms with Crippen LogP contribution in [0.15, 0.2) is 54.7 Å². The lowest BCUT2D eigenvalue weighted by Gasteiger charge is -2.38. The van der Waals surface area contributed by atoms with Crippen molar-refractivity contribution in [3.63, 3.8) is 0 Å². The van der Waals surface area contributed by atoms with Crippen LogP contribution in [0.2, 0.25) is 0 Å². The van der Waals surface area contributed by atoms with Crippen LogP contribution >= 0.6 is 0 Å². The Morgan fingerprint density at radius 2 is 2.00 bits per heavy atom. The van der Waals surface area contributed by atoms with Gasteiger partial charge in [0.15, 0.2) is 0 Å². The van der Waals surface area contributed by atoms with Gasteiger partial charge in [-0.25, -0.2) is 0 Å². The zero-order valence-electron chi connectivity index (χ0n) is 15.2. The zero-order valence-corrected chi connectivity index (χ0v) is 15.2. The summed E-state index contributed by atoms with van der Waals surface area (Å²) in [6.45, 7) is 0. The number of hydrogen-bond donors (Lipinski definition) is 4. The molecule has 1 aliphatic rings. The fraction of sp³-hybridized carbons (Fsp3) is 0.286. The number of nitrogens with zero attached hydrogens (tertiary/aromatic N) is 2. The number of aromatic amines is 1. The number of aliphatic hydroxyl groups excluding tert-OH is 1. The summed E-state index contributed by atoms with van der Waals surface area (Å²) in [5.41, 5.74) is 2.28. The Balaban J connectivity index is 1.49. The van der Waals surface area contributed by atoms with Crippen LogP contribution in [-0.4, -0.2) is 43.4 Å². The highest BCUT2D eigenvalue weighted by Crippen LogP contribution is 2.32. The standard InChI is InChI=1S/C21H22N4O3/c26-15-9-13(10-15)17(11-14-5-3-4-8-22-14)23-21(28)19-12-18(24-25-19)16-6-1-2-7-20(16)27/h1-8,12-13,15,17,26-27H,9-11H2,(H,23,28)(H,24,25)/t13?,15?,17-/m1/s1. The SMILES string of the molecule is O=C(N[C@H](Cc1ccccn1)C1CC(O)C1)c1cc(-c2ccccc2O)n[nH]1. The molecule has 0 unspecified atom stereocenters. The van der Waals surface area contributed by atoms with Gasteiger partial charge in [0.05, 0.1) is 11.8 Å². The van der Waals surface area contributed by atoms with Crippen molar-refractivity contribution in [1.82, 2.24) is 20.5 Å². The Morgan fingerprint density at radius 1 is 1.21 bits per heavy atom. The third-order valence-corrected chi connectivity index (χ3v) is 5.19. The molecule has 0 aliphatic heterocycles. The molecule has 0 saturated heterocycles. The van der Waals surface area contributed by atoms with Crippen LogP contribution in [0.1, 0.15) is 29.0 Å². The molecule has 1 fully saturated rings. The highest BCUT2D eigenvalue weighted by Gasteiger charge is 2.35. The number of H-pyrrole nitrogens is 1. The Kier molecular flexibility index (Phi) is 5.08. The predicted molar refractivity (Wildman–Crippen MR) is 104 cm³/mol. The quantitative estimate of drug-likeness (QED) is 0.526. The molecule has 28 heavy (non-hydrogen) atoms. The average Bonchev–Trinajstić information content (AvgIpc) is 3.16. The summed E-state index contributed by atoms with van der Waals surface area (Å²) in [5.74, 6) is 0.0513. The van der Waals surface area contributed by atoms with Gasteiger partial charge in [-0.1, -0.05) is 18.2 Å². The van der Waals surface area contributed by atoms with E-state index >= 15 is 0 Å². The van der Waals surface area contributed by atoms with Crippen molar-refractivity contribution in [3.05, 3.63) is 66.1 Å². The van der Waals surface area contributed by atoms with Gasteiger partial charge >= 0.3 is 0 Å². The summed E-state index contributed by atoms with van der Waals surface area (Å²) in [4.78, 5) is 17.1. The lowest BCUT2D eigenvalue weighted by Crippen LogP contribution is -2.48. The average molecular weight is 378 g/mol. The number of aromatic hydroxyl groups is 1. The zero-order chi connectivity index (χ0) is 19.5. The van der Waals surface area contributed by atoms with Crippen LogP contribution in [0.5, 0.6) is 5.75 Å². The molecular weight excluding hydrogens is 356 g/mol. The van der Waals surface area contributed by atoms with Crippen molar-refractivity contribution < 1.29 is 15.0 Å². The van der Waals surface area contributed by atoms with Crippen molar-refractivity contribution in [2.75, 3.05) is 0 Å². The number of hydrogen-bond acceptors (Lipinski definition) is 5. The predicted octanol–water partition coefficient (Wildman–Crippen LogP) is 2.29. The van der Waals surface area contributed by atoms with Gasteiger partial charge < -0.3 is 15.5 Å². The molecule has 3 aromatic rings. The normalized spacial score (nSPS) is 19.6. The minimum atomic E-state index is -0.298. The number of aliphatic hydroxyl groups is 1. The summed E-state index contributed by atoms with van der Waals surface area (Å²) in [5, 5.41) is 29.6. The molecule has 1 atom stereocenters. The van der Waals surface area contributed by atoms with E-state index in [2.05, 4.69) is 20.5 Å². The number of amides is 1. The first-order valence-corrected chi connectivity index (χ1v) is 9.33. The second-order valence-corrected chi connectivity index (χ2v) is 7.17. The monoisotopic (exact) mass is 378 g/mol. The van der Waals surface area contributed by atoms with Crippen molar-refractivity contribution in [2.24, 2.45) is 5.92 Å². The third-order valence-electron chi connectivity index (χ3n) is 5.19. The number of pyridine rings is 1. The van der Waals surface area contributed by atoms with Gasteiger partial charge in [0, 0.05) is 29.9 Å². The number of benzene rings is 1. The number of para-hydroxylation sites is 1. The lowest BCUT2D eigenvalue weighted by atomic mass is 9.76. The van der Waals surface area contributed by atoms with Crippen LogP contribution in [0, 0.1) is 5.92 Å². The van der Waals surface area contributed by atoms with Crippen molar-refractivity contribution in [3.8, 4) is 17.0 Å². The number of rotatable bonds is 6. The molecule has 144 valence electrons. The molecule has 4 N–H and O–H groups in total. The first kappa shape index (κ1) is 18.2. The van der Waals surface area contributed by atoms with E-state index in [0.717, 1.165) is 5.69 Å². The first-order valence-electron chi connectivity index (χ1n) is 9.33. The molecule has 1 saturated carbocycles. The molecule has 2 heterocycles. The fourth-order valence-corrected chi connectivity index (χ4v) is 3.55. The van der Waals surface area contributed by atoms with Crippen molar-refractivity contribution in [1.29, 1.82) is 0 Å². The molecular formula is C21H22N4O3. The number of carbonyl (C=O) groups is 1. The van der Waals surface area contributed by atoms with E-state index in [-0.39, 0.29) is 29.7 Å². The summed E-state index contributed by atoms with van der Waals surface area (Å²) >= 11 is 0. The number of phenolic OH excluding ortho intramolecular Hbond substituents is 1. The molecule has 1 aliphatic carbocycles. The fourth-order valence-electron chi connectivity index (χ4n) is 3.55. The molecule has 2 aromatic heterocycles. The maximum absolute atomic E-state index is 12.8. The Labute approximate surface area is 162 Å². The van der Waals surface area contributed by atoms with E-state index in [1.54, 1.807) is 36.5 Å². The van der Waals surface area contributed by atoms with E-state index in [0.29, 0.717) is 36.2 Å². The minimum Gasteiger partial charge on any atom is -0.507 e. The molecule has 7 heteroatoms. The van der Waals surface area contributed by atoms with Gasteiger partial charge in [0.1, 0.15) is 11.4 Å². The largest absolute Gasteiger partial charge is 0.507 e. The summed E-state index contributed by atoms with van der Waals surface area (Å²) in [6, 6.07) is 14.1. The van der Waals surface area contributed by atoms with E-state index in [9.17, 15) is 15.0 Å². The number of carbonyl (C=O) groups excluding carboxylic acids is 1. The van der Waals surface area contributed by atoms with E-state index in [1.165, 1.54) is 0 Å². The van der Waals surface area contributed by atoms with Crippen LogP contribution in [0.4, 0.5) is 0 Å². The Morgan fingerprint density at radius 3 is 2.71 bits per heavy atom. The van der Waals surface area contributed by atoms with Crippen LogP contribution in [-0.2, 0) is 6.42 Å². The van der Waals surface area contributed by atoms with E-state index < -0.39 is 0 Å². The van der Waals surface area contributed by atoms with Gasteiger partial charge in [0.2, 0.25) is 0 Å². The van der Waals surface area contributed by atoms with E-state index in [1.807, 2.05) is 18.2 Å². The van der Waals surface area contributed by atoms with Gasteiger partial charge in [-0.2, -0.15) is 5.10 Å². The maximum atomic E-state index is 12.8. The van der Waals surface area contributed by atoms with Gasteiger partial charge in [0.25, 0.3) is 5.91 Å². The third kappa shape index (κ3) is 3.89. The van der Waals surface area contributed by atoms with Crippen molar-refractivity contribution in [2.45, 2.75) is 31.4 Å². The second-order valence-electron chi connectivity index (χ2n) is 7.17. The molecule has 1 aromatic carbocycles. The summed E-state index contributed by atoms with van der Waals surface area (Å²) < 4.78 is 0.